The van der Waals surface area contributed by atoms with Crippen molar-refractivity contribution in [3.05, 3.63) is 84.4 Å². The van der Waals surface area contributed by atoms with E-state index in [2.05, 4.69) is 5.32 Å². The Hall–Kier alpha value is -4.00. The van der Waals surface area contributed by atoms with Crippen LogP contribution in [0.5, 0.6) is 17.2 Å². The van der Waals surface area contributed by atoms with Gasteiger partial charge in [0, 0.05) is 19.3 Å². The summed E-state index contributed by atoms with van der Waals surface area (Å²) < 4.78 is 16.1. The fraction of sp³-hybridized carbons (Fsp3) is 0.200. The van der Waals surface area contributed by atoms with Gasteiger partial charge in [-0.05, 0) is 61.0 Å². The highest BCUT2D eigenvalue weighted by Gasteiger charge is 2.10. The van der Waals surface area contributed by atoms with E-state index in [0.29, 0.717) is 30.3 Å². The molecule has 1 N–H and O–H groups in total. The Morgan fingerprint density at radius 1 is 0.812 bits per heavy atom. The fourth-order valence-corrected chi connectivity index (χ4v) is 2.86. The number of hydrogen-bond acceptors (Lipinski definition) is 5. The van der Waals surface area contributed by atoms with Crippen molar-refractivity contribution < 1.29 is 23.8 Å². The highest BCUT2D eigenvalue weighted by molar-refractivity contribution is 5.89. The van der Waals surface area contributed by atoms with Crippen LogP contribution in [0, 0.1) is 0 Å². The van der Waals surface area contributed by atoms with Gasteiger partial charge >= 0.3 is 12.0 Å². The van der Waals surface area contributed by atoms with Gasteiger partial charge in [-0.15, -0.1) is 0 Å². The number of anilines is 1. The number of urea groups is 1. The van der Waals surface area contributed by atoms with Crippen LogP contribution in [0.4, 0.5) is 10.5 Å². The number of carbonyl (C=O) groups is 2. The van der Waals surface area contributed by atoms with E-state index >= 15 is 0 Å². The molecule has 0 radical (unpaired) electrons. The highest BCUT2D eigenvalue weighted by atomic mass is 16.6. The molecule has 0 aliphatic carbocycles. The third-order valence-corrected chi connectivity index (χ3v) is 4.44. The largest absolute Gasteiger partial charge is 0.494 e. The fourth-order valence-electron chi connectivity index (χ4n) is 2.86. The molecule has 0 atom stereocenters. The molecule has 0 bridgehead atoms. The second kappa shape index (κ2) is 11.4. The van der Waals surface area contributed by atoms with Crippen LogP contribution >= 0.6 is 0 Å². The van der Waals surface area contributed by atoms with Gasteiger partial charge in [0.05, 0.1) is 6.61 Å². The standard InChI is InChI=1S/C25H26N2O5/c1-3-30-21-13-15-22(16-14-21)31-18-24(28)32-23-11-9-20(10-12-23)26-25(29)27(2)17-19-7-5-4-6-8-19/h4-16H,3,17-18H2,1-2H3,(H,26,29). The summed E-state index contributed by atoms with van der Waals surface area (Å²) >= 11 is 0. The summed E-state index contributed by atoms with van der Waals surface area (Å²) in [7, 11) is 1.73. The smallest absolute Gasteiger partial charge is 0.349 e. The lowest BCUT2D eigenvalue weighted by atomic mass is 10.2. The third-order valence-electron chi connectivity index (χ3n) is 4.44. The van der Waals surface area contributed by atoms with E-state index in [1.807, 2.05) is 37.3 Å². The topological polar surface area (TPSA) is 77.1 Å². The van der Waals surface area contributed by atoms with E-state index < -0.39 is 5.97 Å². The maximum Gasteiger partial charge on any atom is 0.349 e. The summed E-state index contributed by atoms with van der Waals surface area (Å²) in [6.07, 6.45) is 0. The molecule has 7 nitrogen and oxygen atoms in total. The molecule has 0 aromatic heterocycles. The summed E-state index contributed by atoms with van der Waals surface area (Å²) in [5.41, 5.74) is 1.64. The molecule has 0 unspecified atom stereocenters. The van der Waals surface area contributed by atoms with Crippen LogP contribution in [-0.2, 0) is 11.3 Å². The van der Waals surface area contributed by atoms with Crippen LogP contribution in [0.2, 0.25) is 0 Å². The van der Waals surface area contributed by atoms with Crippen molar-refractivity contribution in [2.75, 3.05) is 25.6 Å². The average Bonchev–Trinajstić information content (AvgIpc) is 2.81. The normalized spacial score (nSPS) is 10.2. The number of hydrogen-bond donors (Lipinski definition) is 1. The Bertz CT molecular complexity index is 1000. The van der Waals surface area contributed by atoms with Gasteiger partial charge in [-0.3, -0.25) is 0 Å². The van der Waals surface area contributed by atoms with Crippen molar-refractivity contribution in [3.8, 4) is 17.2 Å². The molecule has 2 amide bonds. The number of esters is 1. The van der Waals surface area contributed by atoms with Crippen molar-refractivity contribution in [1.29, 1.82) is 0 Å². The van der Waals surface area contributed by atoms with Gasteiger partial charge in [-0.2, -0.15) is 0 Å². The van der Waals surface area contributed by atoms with E-state index in [1.54, 1.807) is 60.5 Å². The van der Waals surface area contributed by atoms with Crippen molar-refractivity contribution in [3.63, 3.8) is 0 Å². The summed E-state index contributed by atoms with van der Waals surface area (Å²) in [6, 6.07) is 23.1. The van der Waals surface area contributed by atoms with Crippen molar-refractivity contribution in [2.24, 2.45) is 0 Å². The Labute approximate surface area is 187 Å². The molecule has 32 heavy (non-hydrogen) atoms. The number of carbonyl (C=O) groups excluding carboxylic acids is 2. The molecule has 0 spiro atoms. The van der Waals surface area contributed by atoms with Gasteiger partial charge in [0.1, 0.15) is 17.2 Å². The Morgan fingerprint density at radius 3 is 2.03 bits per heavy atom. The molecule has 0 aliphatic rings. The lowest BCUT2D eigenvalue weighted by Gasteiger charge is -2.18. The molecule has 0 heterocycles. The number of amides is 2. The minimum Gasteiger partial charge on any atom is -0.494 e. The maximum atomic E-state index is 12.4. The Morgan fingerprint density at radius 2 is 1.41 bits per heavy atom. The van der Waals surface area contributed by atoms with E-state index in [4.69, 9.17) is 14.2 Å². The van der Waals surface area contributed by atoms with Crippen LogP contribution in [0.25, 0.3) is 0 Å². The molecular weight excluding hydrogens is 408 g/mol. The monoisotopic (exact) mass is 434 g/mol. The average molecular weight is 434 g/mol. The molecule has 0 saturated carbocycles. The molecule has 3 aromatic rings. The van der Waals surface area contributed by atoms with Crippen LogP contribution < -0.4 is 19.5 Å². The number of rotatable bonds is 9. The van der Waals surface area contributed by atoms with Gasteiger partial charge in [-0.1, -0.05) is 30.3 Å². The molecule has 3 aromatic carbocycles. The van der Waals surface area contributed by atoms with Gasteiger partial charge in [0.2, 0.25) is 0 Å². The summed E-state index contributed by atoms with van der Waals surface area (Å²) in [6.45, 7) is 2.76. The summed E-state index contributed by atoms with van der Waals surface area (Å²) in [5, 5.41) is 2.81. The van der Waals surface area contributed by atoms with E-state index in [1.165, 1.54) is 0 Å². The van der Waals surface area contributed by atoms with Gasteiger partial charge < -0.3 is 24.4 Å². The van der Waals surface area contributed by atoms with Crippen LogP contribution in [-0.4, -0.2) is 37.2 Å². The molecule has 7 heteroatoms. The molecule has 3 rings (SSSR count). The molecule has 166 valence electrons. The van der Waals surface area contributed by atoms with Crippen molar-refractivity contribution in [2.45, 2.75) is 13.5 Å². The zero-order chi connectivity index (χ0) is 22.8. The first-order valence-electron chi connectivity index (χ1n) is 10.3. The van der Waals surface area contributed by atoms with Gasteiger partial charge in [0.25, 0.3) is 0 Å². The number of nitrogens with one attached hydrogen (secondary N) is 1. The van der Waals surface area contributed by atoms with Crippen LogP contribution in [0.15, 0.2) is 78.9 Å². The Balaban J connectivity index is 1.44. The lowest BCUT2D eigenvalue weighted by Crippen LogP contribution is -2.30. The van der Waals surface area contributed by atoms with Crippen LogP contribution in [0.1, 0.15) is 12.5 Å². The van der Waals surface area contributed by atoms with Crippen LogP contribution in [0.3, 0.4) is 0 Å². The first-order chi connectivity index (χ1) is 15.5. The van der Waals surface area contributed by atoms with E-state index in [0.717, 1.165) is 11.3 Å². The van der Waals surface area contributed by atoms with Gasteiger partial charge in [-0.25, -0.2) is 9.59 Å². The quantitative estimate of drug-likeness (QED) is 0.389. The SMILES string of the molecule is CCOc1ccc(OCC(=O)Oc2ccc(NC(=O)N(C)Cc3ccccc3)cc2)cc1. The minimum atomic E-state index is -0.529. The molecule has 0 fully saturated rings. The van der Waals surface area contributed by atoms with E-state index in [9.17, 15) is 9.59 Å². The highest BCUT2D eigenvalue weighted by Crippen LogP contribution is 2.19. The maximum absolute atomic E-state index is 12.4. The first kappa shape index (κ1) is 22.7. The molecular formula is C25H26N2O5. The second-order valence-corrected chi connectivity index (χ2v) is 6.96. The van der Waals surface area contributed by atoms with Crippen molar-refractivity contribution >= 4 is 17.7 Å². The zero-order valence-electron chi connectivity index (χ0n) is 18.1. The van der Waals surface area contributed by atoms with Gasteiger partial charge in [0.15, 0.2) is 6.61 Å². The Kier molecular flexibility index (Phi) is 8.09. The predicted octanol–water partition coefficient (Wildman–Crippen LogP) is 4.73. The second-order valence-electron chi connectivity index (χ2n) is 6.96. The number of benzene rings is 3. The lowest BCUT2D eigenvalue weighted by molar-refractivity contribution is -0.136. The summed E-state index contributed by atoms with van der Waals surface area (Å²) in [4.78, 5) is 26.0. The van der Waals surface area contributed by atoms with Crippen molar-refractivity contribution in [1.82, 2.24) is 4.90 Å². The molecule has 0 aliphatic heterocycles. The number of nitrogens with zero attached hydrogens (tertiary/aromatic N) is 1. The summed E-state index contributed by atoms with van der Waals surface area (Å²) in [5.74, 6) is 1.11. The predicted molar refractivity (Wildman–Crippen MR) is 122 cm³/mol. The molecule has 0 saturated heterocycles. The third kappa shape index (κ3) is 7.05. The minimum absolute atomic E-state index is 0.225. The van der Waals surface area contributed by atoms with E-state index in [-0.39, 0.29) is 12.6 Å². The first-order valence-corrected chi connectivity index (χ1v) is 10.3. The number of ether oxygens (including phenoxy) is 3. The zero-order valence-corrected chi connectivity index (χ0v) is 18.1.